The Balaban J connectivity index is 2.08. The SMILES string of the molecule is Cc1cc(CSc2ccccc2O)n(C)n1. The van der Waals surface area contributed by atoms with Gasteiger partial charge < -0.3 is 5.11 Å². The molecule has 1 aromatic heterocycles. The highest BCUT2D eigenvalue weighted by molar-refractivity contribution is 7.98. The van der Waals surface area contributed by atoms with Crippen molar-refractivity contribution in [1.29, 1.82) is 0 Å². The Morgan fingerprint density at radius 3 is 2.75 bits per heavy atom. The maximum Gasteiger partial charge on any atom is 0.129 e. The number of aromatic hydroxyl groups is 1. The molecule has 0 radical (unpaired) electrons. The molecular weight excluding hydrogens is 220 g/mol. The first-order valence-corrected chi connectivity index (χ1v) is 6.05. The van der Waals surface area contributed by atoms with Gasteiger partial charge in [0, 0.05) is 23.4 Å². The van der Waals surface area contributed by atoms with Crippen molar-refractivity contribution in [2.45, 2.75) is 17.6 Å². The first kappa shape index (κ1) is 11.1. The second-order valence-corrected chi connectivity index (χ2v) is 4.67. The number of thioether (sulfide) groups is 1. The molecule has 0 aliphatic heterocycles. The van der Waals surface area contributed by atoms with Crippen LogP contribution in [0.2, 0.25) is 0 Å². The van der Waals surface area contributed by atoms with E-state index >= 15 is 0 Å². The van der Waals surface area contributed by atoms with E-state index < -0.39 is 0 Å². The van der Waals surface area contributed by atoms with Crippen LogP contribution < -0.4 is 0 Å². The van der Waals surface area contributed by atoms with Gasteiger partial charge in [0.2, 0.25) is 0 Å². The van der Waals surface area contributed by atoms with Crippen LogP contribution in [0, 0.1) is 6.92 Å². The lowest BCUT2D eigenvalue weighted by atomic mass is 10.3. The molecule has 1 N–H and O–H groups in total. The summed E-state index contributed by atoms with van der Waals surface area (Å²) >= 11 is 1.62. The highest BCUT2D eigenvalue weighted by atomic mass is 32.2. The van der Waals surface area contributed by atoms with Gasteiger partial charge in [-0.25, -0.2) is 0 Å². The molecule has 3 nitrogen and oxygen atoms in total. The fourth-order valence-electron chi connectivity index (χ4n) is 1.53. The van der Waals surface area contributed by atoms with Gasteiger partial charge in [-0.15, -0.1) is 11.8 Å². The van der Waals surface area contributed by atoms with Crippen LogP contribution in [0.4, 0.5) is 0 Å². The number of phenols is 1. The van der Waals surface area contributed by atoms with Crippen molar-refractivity contribution >= 4 is 11.8 Å². The molecule has 0 atom stereocenters. The minimum atomic E-state index is 0.339. The van der Waals surface area contributed by atoms with Crippen LogP contribution in [0.15, 0.2) is 35.2 Å². The molecule has 2 aromatic rings. The third-order valence-corrected chi connectivity index (χ3v) is 3.44. The Morgan fingerprint density at radius 1 is 1.38 bits per heavy atom. The summed E-state index contributed by atoms with van der Waals surface area (Å²) in [4.78, 5) is 0.904. The first-order chi connectivity index (χ1) is 7.66. The van der Waals surface area contributed by atoms with E-state index in [4.69, 9.17) is 0 Å². The van der Waals surface area contributed by atoms with Gasteiger partial charge >= 0.3 is 0 Å². The van der Waals surface area contributed by atoms with E-state index in [-0.39, 0.29) is 0 Å². The molecule has 16 heavy (non-hydrogen) atoms. The average molecular weight is 234 g/mol. The molecule has 4 heteroatoms. The maximum atomic E-state index is 9.62. The molecule has 0 amide bonds. The number of nitrogens with zero attached hydrogens (tertiary/aromatic N) is 2. The van der Waals surface area contributed by atoms with Crippen LogP contribution in [-0.4, -0.2) is 14.9 Å². The minimum absolute atomic E-state index is 0.339. The van der Waals surface area contributed by atoms with Gasteiger partial charge in [-0.05, 0) is 25.1 Å². The predicted molar refractivity (Wildman–Crippen MR) is 65.6 cm³/mol. The molecule has 0 bridgehead atoms. The van der Waals surface area contributed by atoms with E-state index in [1.807, 2.05) is 36.9 Å². The number of rotatable bonds is 3. The van der Waals surface area contributed by atoms with Crippen LogP contribution in [0.3, 0.4) is 0 Å². The van der Waals surface area contributed by atoms with Crippen molar-refractivity contribution in [1.82, 2.24) is 9.78 Å². The first-order valence-electron chi connectivity index (χ1n) is 5.07. The minimum Gasteiger partial charge on any atom is -0.507 e. The Bertz CT molecular complexity index is 494. The summed E-state index contributed by atoms with van der Waals surface area (Å²) in [6.45, 7) is 1.98. The molecule has 2 rings (SSSR count). The fourth-order valence-corrected chi connectivity index (χ4v) is 2.49. The number of aryl methyl sites for hydroxylation is 2. The van der Waals surface area contributed by atoms with E-state index in [1.165, 1.54) is 0 Å². The van der Waals surface area contributed by atoms with Crippen LogP contribution in [-0.2, 0) is 12.8 Å². The largest absolute Gasteiger partial charge is 0.507 e. The fraction of sp³-hybridized carbons (Fsp3) is 0.250. The molecule has 0 spiro atoms. The zero-order chi connectivity index (χ0) is 11.5. The second kappa shape index (κ2) is 4.61. The summed E-state index contributed by atoms with van der Waals surface area (Å²) in [5.41, 5.74) is 2.18. The Hall–Kier alpha value is -1.42. The van der Waals surface area contributed by atoms with Gasteiger partial charge in [0.25, 0.3) is 0 Å². The zero-order valence-corrected chi connectivity index (χ0v) is 10.2. The normalized spacial score (nSPS) is 10.6. The molecule has 0 saturated heterocycles. The number of hydrogen-bond acceptors (Lipinski definition) is 3. The number of phenolic OH excluding ortho intramolecular Hbond substituents is 1. The highest BCUT2D eigenvalue weighted by Crippen LogP contribution is 2.30. The van der Waals surface area contributed by atoms with E-state index in [2.05, 4.69) is 11.2 Å². The van der Waals surface area contributed by atoms with Gasteiger partial charge in [-0.3, -0.25) is 4.68 Å². The molecule has 0 unspecified atom stereocenters. The third kappa shape index (κ3) is 2.39. The number of hydrogen-bond donors (Lipinski definition) is 1. The molecule has 0 aliphatic rings. The lowest BCUT2D eigenvalue weighted by Crippen LogP contribution is -1.96. The summed E-state index contributed by atoms with van der Waals surface area (Å²) in [6.07, 6.45) is 0. The monoisotopic (exact) mass is 234 g/mol. The number of aromatic nitrogens is 2. The van der Waals surface area contributed by atoms with Crippen molar-refractivity contribution in [3.05, 3.63) is 41.7 Å². The van der Waals surface area contributed by atoms with Gasteiger partial charge in [0.1, 0.15) is 5.75 Å². The molecule has 1 heterocycles. The molecule has 1 aromatic carbocycles. The van der Waals surface area contributed by atoms with Gasteiger partial charge in [0.15, 0.2) is 0 Å². The quantitative estimate of drug-likeness (QED) is 0.830. The molecule has 0 aliphatic carbocycles. The van der Waals surface area contributed by atoms with Crippen molar-refractivity contribution in [3.8, 4) is 5.75 Å². The summed E-state index contributed by atoms with van der Waals surface area (Å²) in [7, 11) is 1.94. The Labute approximate surface area is 99.1 Å². The van der Waals surface area contributed by atoms with Crippen molar-refractivity contribution in [2.75, 3.05) is 0 Å². The number of para-hydroxylation sites is 1. The summed E-state index contributed by atoms with van der Waals surface area (Å²) in [5.74, 6) is 1.15. The van der Waals surface area contributed by atoms with Crippen LogP contribution in [0.5, 0.6) is 5.75 Å². The Kier molecular flexibility index (Phi) is 3.19. The zero-order valence-electron chi connectivity index (χ0n) is 9.34. The van der Waals surface area contributed by atoms with Gasteiger partial charge in [-0.2, -0.15) is 5.10 Å². The molecule has 84 valence electrons. The lowest BCUT2D eigenvalue weighted by Gasteiger charge is -2.04. The van der Waals surface area contributed by atoms with E-state index in [9.17, 15) is 5.11 Å². The Morgan fingerprint density at radius 2 is 2.12 bits per heavy atom. The van der Waals surface area contributed by atoms with Crippen molar-refractivity contribution in [2.24, 2.45) is 7.05 Å². The van der Waals surface area contributed by atoms with Crippen molar-refractivity contribution in [3.63, 3.8) is 0 Å². The van der Waals surface area contributed by atoms with E-state index in [0.29, 0.717) is 5.75 Å². The van der Waals surface area contributed by atoms with E-state index in [0.717, 1.165) is 22.0 Å². The maximum absolute atomic E-state index is 9.62. The smallest absolute Gasteiger partial charge is 0.129 e. The second-order valence-electron chi connectivity index (χ2n) is 3.66. The topological polar surface area (TPSA) is 38.0 Å². The highest BCUT2D eigenvalue weighted by Gasteiger charge is 2.05. The van der Waals surface area contributed by atoms with E-state index in [1.54, 1.807) is 17.8 Å². The van der Waals surface area contributed by atoms with Gasteiger partial charge in [0.05, 0.1) is 5.69 Å². The summed E-state index contributed by atoms with van der Waals surface area (Å²) in [5, 5.41) is 13.9. The molecular formula is C12H14N2OS. The van der Waals surface area contributed by atoms with Crippen molar-refractivity contribution < 1.29 is 5.11 Å². The predicted octanol–water partition coefficient (Wildman–Crippen LogP) is 2.73. The molecule has 0 fully saturated rings. The standard InChI is InChI=1S/C12H14N2OS/c1-9-7-10(14(2)13-9)8-16-12-6-4-3-5-11(12)15/h3-7,15H,8H2,1-2H3. The van der Waals surface area contributed by atoms with Gasteiger partial charge in [-0.1, -0.05) is 12.1 Å². The van der Waals surface area contributed by atoms with Crippen LogP contribution in [0.1, 0.15) is 11.4 Å². The molecule has 0 saturated carbocycles. The third-order valence-electron chi connectivity index (χ3n) is 2.34. The summed E-state index contributed by atoms with van der Waals surface area (Å²) < 4.78 is 1.88. The lowest BCUT2D eigenvalue weighted by molar-refractivity contribution is 0.462. The summed E-state index contributed by atoms with van der Waals surface area (Å²) in [6, 6.07) is 9.44. The number of benzene rings is 1. The van der Waals surface area contributed by atoms with Crippen LogP contribution >= 0.6 is 11.8 Å². The van der Waals surface area contributed by atoms with Crippen LogP contribution in [0.25, 0.3) is 0 Å². The average Bonchev–Trinajstić information content (AvgIpc) is 2.56.